The molecule has 4 nitrogen and oxygen atoms in total. The summed E-state index contributed by atoms with van der Waals surface area (Å²) in [4.78, 5) is 25.1. The molecule has 0 saturated carbocycles. The number of thioether (sulfide) groups is 1. The zero-order valence-electron chi connectivity index (χ0n) is 11.1. The molecule has 20 heavy (non-hydrogen) atoms. The van der Waals surface area contributed by atoms with Gasteiger partial charge in [0.15, 0.2) is 0 Å². The van der Waals surface area contributed by atoms with Crippen molar-refractivity contribution in [2.75, 3.05) is 12.3 Å². The highest BCUT2D eigenvalue weighted by Crippen LogP contribution is 2.27. The number of benzene rings is 1. The Balaban J connectivity index is 1.99. The van der Waals surface area contributed by atoms with Gasteiger partial charge in [-0.05, 0) is 24.5 Å². The van der Waals surface area contributed by atoms with E-state index in [4.69, 9.17) is 0 Å². The molecule has 2 atom stereocenters. The first kappa shape index (κ1) is 14.8. The maximum atomic E-state index is 13.4. The average molecular weight is 297 g/mol. The zero-order chi connectivity index (χ0) is 14.7. The molecule has 1 heterocycles. The summed E-state index contributed by atoms with van der Waals surface area (Å²) in [7, 11) is 0. The van der Waals surface area contributed by atoms with Crippen molar-refractivity contribution in [2.24, 2.45) is 5.92 Å². The van der Waals surface area contributed by atoms with Crippen LogP contribution >= 0.6 is 11.8 Å². The quantitative estimate of drug-likeness (QED) is 0.866. The molecule has 1 N–H and O–H groups in total. The third-order valence-electron chi connectivity index (χ3n) is 3.46. The monoisotopic (exact) mass is 297 g/mol. The first-order chi connectivity index (χ1) is 9.50. The Kier molecular flexibility index (Phi) is 4.65. The van der Waals surface area contributed by atoms with Crippen molar-refractivity contribution in [3.63, 3.8) is 0 Å². The number of hydrogen-bond acceptors (Lipinski definition) is 3. The van der Waals surface area contributed by atoms with Crippen LogP contribution in [0.3, 0.4) is 0 Å². The minimum atomic E-state index is -0.973. The maximum absolute atomic E-state index is 13.4. The Bertz CT molecular complexity index is 523. The van der Waals surface area contributed by atoms with E-state index in [0.717, 1.165) is 11.8 Å². The zero-order valence-corrected chi connectivity index (χ0v) is 11.9. The molecule has 1 fully saturated rings. The number of carbonyl (C=O) groups is 2. The molecule has 0 aliphatic carbocycles. The summed E-state index contributed by atoms with van der Waals surface area (Å²) in [5.74, 6) is -1.59. The fourth-order valence-electron chi connectivity index (χ4n) is 2.39. The first-order valence-corrected chi connectivity index (χ1v) is 7.39. The molecule has 1 aliphatic rings. The molecule has 6 heteroatoms. The summed E-state index contributed by atoms with van der Waals surface area (Å²) < 4.78 is 13.4. The predicted molar refractivity (Wildman–Crippen MR) is 74.0 cm³/mol. The van der Waals surface area contributed by atoms with Crippen molar-refractivity contribution in [1.29, 1.82) is 0 Å². The average Bonchev–Trinajstić information content (AvgIpc) is 2.79. The maximum Gasteiger partial charge on any atom is 0.326 e. The van der Waals surface area contributed by atoms with Crippen LogP contribution in [0.25, 0.3) is 0 Å². The standard InChI is InChI=1S/C14H16FNO3S/c1-9-6-7-16(13(9)14(18)19)12(17)8-20-11-5-3-2-4-10(11)15/h2-5,9,13H,6-8H2,1H3,(H,18,19). The molecule has 0 aromatic heterocycles. The summed E-state index contributed by atoms with van der Waals surface area (Å²) >= 11 is 1.10. The highest BCUT2D eigenvalue weighted by atomic mass is 32.2. The molecule has 0 bridgehead atoms. The van der Waals surface area contributed by atoms with Gasteiger partial charge < -0.3 is 10.0 Å². The van der Waals surface area contributed by atoms with Crippen LogP contribution in [0.15, 0.2) is 29.2 Å². The Morgan fingerprint density at radius 3 is 2.80 bits per heavy atom. The van der Waals surface area contributed by atoms with Gasteiger partial charge in [0.25, 0.3) is 0 Å². The highest BCUT2D eigenvalue weighted by Gasteiger charge is 2.39. The summed E-state index contributed by atoms with van der Waals surface area (Å²) in [6.45, 7) is 2.28. The smallest absolute Gasteiger partial charge is 0.326 e. The van der Waals surface area contributed by atoms with Crippen LogP contribution in [-0.4, -0.2) is 40.2 Å². The van der Waals surface area contributed by atoms with Gasteiger partial charge in [-0.15, -0.1) is 11.8 Å². The molecular formula is C14H16FNO3S. The molecule has 2 rings (SSSR count). The summed E-state index contributed by atoms with van der Waals surface area (Å²) in [5.41, 5.74) is 0. The number of aliphatic carboxylic acids is 1. The molecule has 1 aromatic rings. The van der Waals surface area contributed by atoms with Gasteiger partial charge in [-0.1, -0.05) is 19.1 Å². The van der Waals surface area contributed by atoms with E-state index >= 15 is 0 Å². The van der Waals surface area contributed by atoms with Crippen LogP contribution in [0, 0.1) is 11.7 Å². The second kappa shape index (κ2) is 6.26. The van der Waals surface area contributed by atoms with E-state index in [0.29, 0.717) is 17.9 Å². The predicted octanol–water partition coefficient (Wildman–Crippen LogP) is 2.24. The number of carbonyl (C=O) groups excluding carboxylic acids is 1. The molecule has 1 aliphatic heterocycles. The fourth-order valence-corrected chi connectivity index (χ4v) is 3.21. The third kappa shape index (κ3) is 3.12. The number of halogens is 1. The van der Waals surface area contributed by atoms with E-state index in [1.807, 2.05) is 6.92 Å². The van der Waals surface area contributed by atoms with Gasteiger partial charge in [-0.25, -0.2) is 9.18 Å². The van der Waals surface area contributed by atoms with E-state index in [9.17, 15) is 19.1 Å². The SMILES string of the molecule is CC1CCN(C(=O)CSc2ccccc2F)C1C(=O)O. The van der Waals surface area contributed by atoms with Gasteiger partial charge in [0.1, 0.15) is 11.9 Å². The third-order valence-corrected chi connectivity index (χ3v) is 4.49. The van der Waals surface area contributed by atoms with E-state index in [1.165, 1.54) is 11.0 Å². The van der Waals surface area contributed by atoms with E-state index in [2.05, 4.69) is 0 Å². The van der Waals surface area contributed by atoms with Crippen LogP contribution in [0.2, 0.25) is 0 Å². The Labute approximate surface area is 121 Å². The first-order valence-electron chi connectivity index (χ1n) is 6.40. The summed E-state index contributed by atoms with van der Waals surface area (Å²) in [6, 6.07) is 5.47. The molecule has 0 spiro atoms. The summed E-state index contributed by atoms with van der Waals surface area (Å²) in [6.07, 6.45) is 0.688. The van der Waals surface area contributed by atoms with Gasteiger partial charge >= 0.3 is 5.97 Å². The molecule has 1 saturated heterocycles. The number of nitrogens with zero attached hydrogens (tertiary/aromatic N) is 1. The van der Waals surface area contributed by atoms with Crippen LogP contribution in [0.4, 0.5) is 4.39 Å². The number of carboxylic acid groups (broad SMARTS) is 1. The minimum Gasteiger partial charge on any atom is -0.480 e. The van der Waals surface area contributed by atoms with E-state index in [-0.39, 0.29) is 23.4 Å². The Morgan fingerprint density at radius 1 is 1.45 bits per heavy atom. The van der Waals surface area contributed by atoms with E-state index in [1.54, 1.807) is 18.2 Å². The fraction of sp³-hybridized carbons (Fsp3) is 0.429. The van der Waals surface area contributed by atoms with Crippen molar-refractivity contribution in [2.45, 2.75) is 24.3 Å². The van der Waals surface area contributed by atoms with Crippen molar-refractivity contribution in [1.82, 2.24) is 4.90 Å². The van der Waals surface area contributed by atoms with Gasteiger partial charge in [0, 0.05) is 11.4 Å². The van der Waals surface area contributed by atoms with Crippen molar-refractivity contribution >= 4 is 23.6 Å². The second-order valence-corrected chi connectivity index (χ2v) is 5.87. The van der Waals surface area contributed by atoms with Crippen molar-refractivity contribution < 1.29 is 19.1 Å². The summed E-state index contributed by atoms with van der Waals surface area (Å²) in [5, 5.41) is 9.17. The molecule has 108 valence electrons. The van der Waals surface area contributed by atoms with E-state index < -0.39 is 12.0 Å². The van der Waals surface area contributed by atoms with Crippen molar-refractivity contribution in [3.8, 4) is 0 Å². The van der Waals surface area contributed by atoms with Crippen LogP contribution in [0.1, 0.15) is 13.3 Å². The van der Waals surface area contributed by atoms with Gasteiger partial charge in [0.2, 0.25) is 5.91 Å². The highest BCUT2D eigenvalue weighted by molar-refractivity contribution is 8.00. The molecule has 2 unspecified atom stereocenters. The second-order valence-electron chi connectivity index (χ2n) is 4.86. The Morgan fingerprint density at radius 2 is 2.15 bits per heavy atom. The normalized spacial score (nSPS) is 22.0. The molecule has 1 amide bonds. The molecule has 1 aromatic carbocycles. The Hall–Kier alpha value is -1.56. The topological polar surface area (TPSA) is 57.6 Å². The van der Waals surface area contributed by atoms with Gasteiger partial charge in [0.05, 0.1) is 5.75 Å². The number of rotatable bonds is 4. The van der Waals surface area contributed by atoms with Crippen LogP contribution in [-0.2, 0) is 9.59 Å². The van der Waals surface area contributed by atoms with Crippen LogP contribution < -0.4 is 0 Å². The van der Waals surface area contributed by atoms with Gasteiger partial charge in [-0.3, -0.25) is 4.79 Å². The van der Waals surface area contributed by atoms with Crippen molar-refractivity contribution in [3.05, 3.63) is 30.1 Å². The molecular weight excluding hydrogens is 281 g/mol. The minimum absolute atomic E-state index is 0.0464. The largest absolute Gasteiger partial charge is 0.480 e. The lowest BCUT2D eigenvalue weighted by atomic mass is 10.0. The number of hydrogen-bond donors (Lipinski definition) is 1. The number of carboxylic acids is 1. The molecule has 0 radical (unpaired) electrons. The lowest BCUT2D eigenvalue weighted by molar-refractivity contribution is -0.148. The number of likely N-dealkylation sites (tertiary alicyclic amines) is 1. The lowest BCUT2D eigenvalue weighted by Crippen LogP contribution is -2.43. The van der Waals surface area contributed by atoms with Crippen LogP contribution in [0.5, 0.6) is 0 Å². The lowest BCUT2D eigenvalue weighted by Gasteiger charge is -2.23. The van der Waals surface area contributed by atoms with Gasteiger partial charge in [-0.2, -0.15) is 0 Å². The number of amides is 1.